The summed E-state index contributed by atoms with van der Waals surface area (Å²) in [6.07, 6.45) is 0. The third-order valence-corrected chi connectivity index (χ3v) is 4.54. The van der Waals surface area contributed by atoms with Crippen molar-refractivity contribution in [3.63, 3.8) is 0 Å². The second kappa shape index (κ2) is 6.04. The minimum absolute atomic E-state index is 0.168. The Labute approximate surface area is 142 Å². The van der Waals surface area contributed by atoms with E-state index < -0.39 is 0 Å². The maximum Gasteiger partial charge on any atom is 0.255 e. The van der Waals surface area contributed by atoms with Crippen LogP contribution < -0.4 is 10.1 Å². The lowest BCUT2D eigenvalue weighted by atomic mass is 10.1. The molecular weight excluding hydrogens is 358 g/mol. The predicted molar refractivity (Wildman–Crippen MR) is 94.1 cm³/mol. The lowest BCUT2D eigenvalue weighted by Gasteiger charge is -2.07. The Balaban J connectivity index is 1.90. The number of ether oxygens (including phenoxy) is 1. The van der Waals surface area contributed by atoms with E-state index in [1.165, 1.54) is 0 Å². The van der Waals surface area contributed by atoms with E-state index in [4.69, 9.17) is 4.74 Å². The largest absolute Gasteiger partial charge is 0.481 e. The maximum atomic E-state index is 12.4. The van der Waals surface area contributed by atoms with Crippen molar-refractivity contribution in [2.75, 3.05) is 12.4 Å². The molecule has 0 radical (unpaired) electrons. The number of aromatic nitrogens is 2. The molecule has 0 bridgehead atoms. The van der Waals surface area contributed by atoms with Gasteiger partial charge in [-0.05, 0) is 48.9 Å². The number of aryl methyl sites for hydroxylation is 2. The van der Waals surface area contributed by atoms with Crippen molar-refractivity contribution in [2.45, 2.75) is 6.92 Å². The summed E-state index contributed by atoms with van der Waals surface area (Å²) >= 11 is 3.45. The zero-order valence-electron chi connectivity index (χ0n) is 13.1. The van der Waals surface area contributed by atoms with Crippen molar-refractivity contribution < 1.29 is 9.53 Å². The number of fused-ring (bicyclic) bond motifs is 1. The number of halogens is 1. The summed E-state index contributed by atoms with van der Waals surface area (Å²) < 4.78 is 7.98. The SMILES string of the molecule is COc1c2ccc(C(=O)Nc3ccc(Br)c(C)c3)cc2nn1C. The summed E-state index contributed by atoms with van der Waals surface area (Å²) in [5.74, 6) is 0.508. The molecule has 0 unspecified atom stereocenters. The molecule has 0 atom stereocenters. The third kappa shape index (κ3) is 2.94. The summed E-state index contributed by atoms with van der Waals surface area (Å²) in [6.45, 7) is 1.98. The van der Waals surface area contributed by atoms with E-state index in [-0.39, 0.29) is 5.91 Å². The predicted octanol–water partition coefficient (Wildman–Crippen LogP) is 3.91. The fraction of sp³-hybridized carbons (Fsp3) is 0.176. The number of nitrogens with one attached hydrogen (secondary N) is 1. The van der Waals surface area contributed by atoms with Gasteiger partial charge in [0.15, 0.2) is 0 Å². The van der Waals surface area contributed by atoms with E-state index >= 15 is 0 Å². The van der Waals surface area contributed by atoms with Gasteiger partial charge >= 0.3 is 0 Å². The summed E-state index contributed by atoms with van der Waals surface area (Å²) in [6, 6.07) is 11.1. The van der Waals surface area contributed by atoms with Crippen molar-refractivity contribution in [3.8, 4) is 5.88 Å². The highest BCUT2D eigenvalue weighted by Gasteiger charge is 2.13. The summed E-state index contributed by atoms with van der Waals surface area (Å²) in [7, 11) is 3.41. The number of amides is 1. The van der Waals surface area contributed by atoms with Gasteiger partial charge < -0.3 is 10.1 Å². The molecule has 0 aliphatic carbocycles. The zero-order chi connectivity index (χ0) is 16.6. The van der Waals surface area contributed by atoms with Gasteiger partial charge in [0, 0.05) is 22.8 Å². The van der Waals surface area contributed by atoms with E-state index in [1.54, 1.807) is 23.9 Å². The van der Waals surface area contributed by atoms with Crippen molar-refractivity contribution in [2.24, 2.45) is 7.05 Å². The second-order valence-electron chi connectivity index (χ2n) is 5.28. The Morgan fingerprint density at radius 2 is 2.04 bits per heavy atom. The van der Waals surface area contributed by atoms with Crippen LogP contribution in [-0.2, 0) is 7.05 Å². The third-order valence-electron chi connectivity index (χ3n) is 3.65. The summed E-state index contributed by atoms with van der Waals surface area (Å²) in [5.41, 5.74) is 3.10. The molecule has 1 N–H and O–H groups in total. The van der Waals surface area contributed by atoms with Crippen molar-refractivity contribution in [1.29, 1.82) is 0 Å². The number of anilines is 1. The quantitative estimate of drug-likeness (QED) is 0.757. The highest BCUT2D eigenvalue weighted by Crippen LogP contribution is 2.26. The molecule has 0 fully saturated rings. The molecule has 0 aliphatic heterocycles. The highest BCUT2D eigenvalue weighted by molar-refractivity contribution is 9.10. The Hall–Kier alpha value is -2.34. The number of hydrogen-bond donors (Lipinski definition) is 1. The molecule has 0 saturated heterocycles. The molecule has 0 saturated carbocycles. The van der Waals surface area contributed by atoms with E-state index in [0.29, 0.717) is 11.4 Å². The minimum Gasteiger partial charge on any atom is -0.481 e. The van der Waals surface area contributed by atoms with Crippen LogP contribution in [0.3, 0.4) is 0 Å². The Morgan fingerprint density at radius 1 is 1.26 bits per heavy atom. The van der Waals surface area contributed by atoms with E-state index in [1.807, 2.05) is 38.2 Å². The van der Waals surface area contributed by atoms with Gasteiger partial charge in [-0.2, -0.15) is 5.10 Å². The fourth-order valence-electron chi connectivity index (χ4n) is 2.49. The molecule has 1 heterocycles. The molecule has 23 heavy (non-hydrogen) atoms. The Morgan fingerprint density at radius 3 is 2.74 bits per heavy atom. The number of nitrogens with zero attached hydrogens (tertiary/aromatic N) is 2. The first-order valence-electron chi connectivity index (χ1n) is 7.08. The average Bonchev–Trinajstić information content (AvgIpc) is 2.85. The number of benzene rings is 2. The summed E-state index contributed by atoms with van der Waals surface area (Å²) in [4.78, 5) is 12.4. The molecule has 2 aromatic carbocycles. The zero-order valence-corrected chi connectivity index (χ0v) is 14.6. The number of carbonyl (C=O) groups excluding carboxylic acids is 1. The van der Waals surface area contributed by atoms with E-state index in [0.717, 1.165) is 26.6 Å². The molecule has 6 heteroatoms. The number of carbonyl (C=O) groups is 1. The molecule has 118 valence electrons. The number of hydrogen-bond acceptors (Lipinski definition) is 3. The summed E-state index contributed by atoms with van der Waals surface area (Å²) in [5, 5.41) is 8.15. The highest BCUT2D eigenvalue weighted by atomic mass is 79.9. The molecule has 0 spiro atoms. The van der Waals surface area contributed by atoms with Crippen LogP contribution in [0.25, 0.3) is 10.9 Å². The van der Waals surface area contributed by atoms with Crippen LogP contribution in [0, 0.1) is 6.92 Å². The van der Waals surface area contributed by atoms with Gasteiger partial charge in [0.05, 0.1) is 18.0 Å². The van der Waals surface area contributed by atoms with Crippen LogP contribution in [0.2, 0.25) is 0 Å². The normalized spacial score (nSPS) is 10.8. The van der Waals surface area contributed by atoms with Gasteiger partial charge in [0.25, 0.3) is 5.91 Å². The smallest absolute Gasteiger partial charge is 0.255 e. The topological polar surface area (TPSA) is 56.1 Å². The van der Waals surface area contributed by atoms with Crippen LogP contribution in [0.1, 0.15) is 15.9 Å². The first kappa shape index (κ1) is 15.6. The first-order valence-corrected chi connectivity index (χ1v) is 7.87. The van der Waals surface area contributed by atoms with Crippen molar-refractivity contribution in [1.82, 2.24) is 9.78 Å². The van der Waals surface area contributed by atoms with Crippen LogP contribution in [0.4, 0.5) is 5.69 Å². The van der Waals surface area contributed by atoms with Crippen LogP contribution in [-0.4, -0.2) is 22.8 Å². The van der Waals surface area contributed by atoms with Gasteiger partial charge in [-0.15, -0.1) is 0 Å². The Kier molecular flexibility index (Phi) is 4.09. The molecule has 1 aromatic heterocycles. The first-order chi connectivity index (χ1) is 11.0. The molecule has 5 nitrogen and oxygen atoms in total. The molecular formula is C17H16BrN3O2. The van der Waals surface area contributed by atoms with Gasteiger partial charge in [-0.3, -0.25) is 4.79 Å². The Bertz CT molecular complexity index is 902. The van der Waals surface area contributed by atoms with Crippen LogP contribution in [0.15, 0.2) is 40.9 Å². The van der Waals surface area contributed by atoms with E-state index in [9.17, 15) is 4.79 Å². The standard InChI is InChI=1S/C17H16BrN3O2/c1-10-8-12(5-7-14(10)18)19-16(22)11-4-6-13-15(9-11)20-21(2)17(13)23-3/h4-9H,1-3H3,(H,19,22). The molecule has 3 rings (SSSR count). The lowest BCUT2D eigenvalue weighted by molar-refractivity contribution is 0.102. The van der Waals surface area contributed by atoms with Gasteiger partial charge in [0.2, 0.25) is 5.88 Å². The molecule has 1 amide bonds. The number of methoxy groups -OCH3 is 1. The van der Waals surface area contributed by atoms with Gasteiger partial charge in [-0.25, -0.2) is 4.68 Å². The van der Waals surface area contributed by atoms with E-state index in [2.05, 4.69) is 26.3 Å². The van der Waals surface area contributed by atoms with Crippen LogP contribution in [0.5, 0.6) is 5.88 Å². The average molecular weight is 374 g/mol. The molecule has 0 aliphatic rings. The van der Waals surface area contributed by atoms with Crippen molar-refractivity contribution >= 4 is 38.4 Å². The monoisotopic (exact) mass is 373 g/mol. The second-order valence-corrected chi connectivity index (χ2v) is 6.14. The number of rotatable bonds is 3. The minimum atomic E-state index is -0.168. The lowest BCUT2D eigenvalue weighted by Crippen LogP contribution is -2.11. The van der Waals surface area contributed by atoms with Crippen LogP contribution >= 0.6 is 15.9 Å². The van der Waals surface area contributed by atoms with Gasteiger partial charge in [0.1, 0.15) is 0 Å². The molecule has 3 aromatic rings. The van der Waals surface area contributed by atoms with Gasteiger partial charge in [-0.1, -0.05) is 15.9 Å². The fourth-order valence-corrected chi connectivity index (χ4v) is 2.73. The van der Waals surface area contributed by atoms with Crippen molar-refractivity contribution in [3.05, 3.63) is 52.0 Å². The maximum absolute atomic E-state index is 12.4.